The Kier molecular flexibility index (Phi) is 16.1. The van der Waals surface area contributed by atoms with Crippen molar-refractivity contribution in [3.05, 3.63) is 22.8 Å². The van der Waals surface area contributed by atoms with E-state index in [0.717, 1.165) is 0 Å². The van der Waals surface area contributed by atoms with Crippen LogP contribution in [0, 0.1) is 10.1 Å². The molecule has 0 aliphatic carbocycles. The van der Waals surface area contributed by atoms with E-state index in [1.807, 2.05) is 6.08 Å². The highest BCUT2D eigenvalue weighted by molar-refractivity contribution is 5.77. The SMILES string of the molecule is C=CCCCC.CC(NC=O)C(=O)OCCCO[N+](=O)[O-]. The maximum absolute atomic E-state index is 11.0. The highest BCUT2D eigenvalue weighted by Gasteiger charge is 2.12. The van der Waals surface area contributed by atoms with Crippen LogP contribution < -0.4 is 5.32 Å². The Balaban J connectivity index is 0. The van der Waals surface area contributed by atoms with Crippen LogP contribution in [-0.2, 0) is 19.2 Å². The quantitative estimate of drug-likeness (QED) is 0.155. The summed E-state index contributed by atoms with van der Waals surface area (Å²) in [4.78, 5) is 34.7. The fourth-order valence-corrected chi connectivity index (χ4v) is 1.01. The molecule has 0 fully saturated rings. The molecular formula is C13H24N2O6. The van der Waals surface area contributed by atoms with Crippen molar-refractivity contribution in [3.8, 4) is 0 Å². The van der Waals surface area contributed by atoms with E-state index in [4.69, 9.17) is 0 Å². The number of ether oxygens (including phenoxy) is 1. The number of hydrogen-bond donors (Lipinski definition) is 1. The number of unbranched alkanes of at least 4 members (excludes halogenated alkanes) is 2. The van der Waals surface area contributed by atoms with Crippen LogP contribution in [0.1, 0.15) is 39.5 Å². The number of carbonyl (C=O) groups excluding carboxylic acids is 2. The van der Waals surface area contributed by atoms with Gasteiger partial charge in [-0.3, -0.25) is 4.79 Å². The van der Waals surface area contributed by atoms with Gasteiger partial charge in [0.15, 0.2) is 0 Å². The van der Waals surface area contributed by atoms with E-state index >= 15 is 0 Å². The monoisotopic (exact) mass is 304 g/mol. The lowest BCUT2D eigenvalue weighted by Crippen LogP contribution is -2.34. The number of nitrogens with one attached hydrogen (secondary N) is 1. The smallest absolute Gasteiger partial charge is 0.328 e. The van der Waals surface area contributed by atoms with Gasteiger partial charge < -0.3 is 14.9 Å². The molecule has 1 N–H and O–H groups in total. The molecule has 0 saturated carbocycles. The molecule has 1 amide bonds. The molecule has 1 unspecified atom stereocenters. The standard InChI is InChI=1S/C7H12N2O6.C6H12/c1-6(8-5-10)7(11)14-3-2-4-15-9(12)13;1-3-5-6-4-2/h5-6H,2-4H2,1H3,(H,8,10);3H,1,4-6H2,2H3. The summed E-state index contributed by atoms with van der Waals surface area (Å²) in [6.07, 6.45) is 6.33. The first-order valence-corrected chi connectivity index (χ1v) is 6.74. The summed E-state index contributed by atoms with van der Waals surface area (Å²) in [5.74, 6) is -0.594. The summed E-state index contributed by atoms with van der Waals surface area (Å²) >= 11 is 0. The summed E-state index contributed by atoms with van der Waals surface area (Å²) < 4.78 is 4.68. The average Bonchev–Trinajstić information content (AvgIpc) is 2.45. The molecule has 21 heavy (non-hydrogen) atoms. The molecule has 8 heteroatoms. The number of rotatable bonds is 11. The second-order valence-corrected chi connectivity index (χ2v) is 4.01. The van der Waals surface area contributed by atoms with E-state index in [1.54, 1.807) is 0 Å². The summed E-state index contributed by atoms with van der Waals surface area (Å²) in [5.41, 5.74) is 0. The van der Waals surface area contributed by atoms with Crippen molar-refractivity contribution in [1.29, 1.82) is 0 Å². The van der Waals surface area contributed by atoms with Crippen molar-refractivity contribution in [2.45, 2.75) is 45.6 Å². The van der Waals surface area contributed by atoms with E-state index in [1.165, 1.54) is 26.2 Å². The van der Waals surface area contributed by atoms with Crippen LogP contribution in [0.5, 0.6) is 0 Å². The Morgan fingerprint density at radius 1 is 1.43 bits per heavy atom. The van der Waals surface area contributed by atoms with Gasteiger partial charge in [-0.1, -0.05) is 25.8 Å². The lowest BCUT2D eigenvalue weighted by atomic mass is 10.3. The van der Waals surface area contributed by atoms with Gasteiger partial charge in [-0.25, -0.2) is 4.79 Å². The molecule has 8 nitrogen and oxygen atoms in total. The van der Waals surface area contributed by atoms with Crippen LogP contribution in [-0.4, -0.2) is 36.7 Å². The van der Waals surface area contributed by atoms with Gasteiger partial charge in [-0.15, -0.1) is 16.7 Å². The Morgan fingerprint density at radius 3 is 2.52 bits per heavy atom. The van der Waals surface area contributed by atoms with E-state index in [2.05, 4.69) is 28.4 Å². The third kappa shape index (κ3) is 17.9. The minimum atomic E-state index is -0.918. The van der Waals surface area contributed by atoms with Crippen LogP contribution in [0.3, 0.4) is 0 Å². The third-order valence-electron chi connectivity index (χ3n) is 2.16. The molecule has 1 atom stereocenters. The Hall–Kier alpha value is -2.12. The van der Waals surface area contributed by atoms with Gasteiger partial charge in [-0.05, 0) is 13.3 Å². The number of carbonyl (C=O) groups is 2. The van der Waals surface area contributed by atoms with Gasteiger partial charge >= 0.3 is 5.97 Å². The van der Waals surface area contributed by atoms with Crippen LogP contribution >= 0.6 is 0 Å². The van der Waals surface area contributed by atoms with Crippen molar-refractivity contribution in [3.63, 3.8) is 0 Å². The first-order chi connectivity index (χ1) is 9.99. The summed E-state index contributed by atoms with van der Waals surface area (Å²) in [5, 5.41) is 11.0. The zero-order chi connectivity index (χ0) is 16.5. The molecule has 122 valence electrons. The molecule has 0 aromatic rings. The number of amides is 1. The minimum absolute atomic E-state index is 0.0115. The van der Waals surface area contributed by atoms with Gasteiger partial charge in [0.1, 0.15) is 6.04 Å². The topological polar surface area (TPSA) is 108 Å². The summed E-state index contributed by atoms with van der Waals surface area (Å²) in [6.45, 7) is 7.13. The second-order valence-electron chi connectivity index (χ2n) is 4.01. The number of allylic oxidation sites excluding steroid dienone is 1. The van der Waals surface area contributed by atoms with Crippen LogP contribution in [0.15, 0.2) is 12.7 Å². The fourth-order valence-electron chi connectivity index (χ4n) is 1.01. The maximum atomic E-state index is 11.0. The number of nitrogens with zero attached hydrogens (tertiary/aromatic N) is 1. The van der Waals surface area contributed by atoms with Gasteiger partial charge in [-0.2, -0.15) is 0 Å². The maximum Gasteiger partial charge on any atom is 0.328 e. The Morgan fingerprint density at radius 2 is 2.10 bits per heavy atom. The molecular weight excluding hydrogens is 280 g/mol. The molecule has 0 bridgehead atoms. The number of hydrogen-bond acceptors (Lipinski definition) is 6. The van der Waals surface area contributed by atoms with Crippen LogP contribution in [0.25, 0.3) is 0 Å². The lowest BCUT2D eigenvalue weighted by Gasteiger charge is -2.09. The highest BCUT2D eigenvalue weighted by Crippen LogP contribution is 1.91. The van der Waals surface area contributed by atoms with Gasteiger partial charge in [0, 0.05) is 6.42 Å². The molecule has 0 saturated heterocycles. The zero-order valence-corrected chi connectivity index (χ0v) is 12.6. The first-order valence-electron chi connectivity index (χ1n) is 6.74. The van der Waals surface area contributed by atoms with Gasteiger partial charge in [0.05, 0.1) is 13.2 Å². The predicted molar refractivity (Wildman–Crippen MR) is 76.9 cm³/mol. The molecule has 0 heterocycles. The summed E-state index contributed by atoms with van der Waals surface area (Å²) in [6, 6.07) is -0.723. The molecule has 0 radical (unpaired) electrons. The molecule has 0 aromatic carbocycles. The minimum Gasteiger partial charge on any atom is -0.464 e. The largest absolute Gasteiger partial charge is 0.464 e. The fraction of sp³-hybridized carbons (Fsp3) is 0.692. The highest BCUT2D eigenvalue weighted by atomic mass is 16.9. The Labute approximate surface area is 124 Å². The predicted octanol–water partition coefficient (Wildman–Crippen LogP) is 1.63. The molecule has 0 rings (SSSR count). The number of esters is 1. The van der Waals surface area contributed by atoms with Crippen molar-refractivity contribution in [1.82, 2.24) is 5.32 Å². The van der Waals surface area contributed by atoms with E-state index < -0.39 is 17.1 Å². The molecule has 0 aromatic heterocycles. The molecule has 0 aliphatic rings. The molecule has 0 aliphatic heterocycles. The van der Waals surface area contributed by atoms with Crippen molar-refractivity contribution >= 4 is 12.4 Å². The van der Waals surface area contributed by atoms with Crippen molar-refractivity contribution < 1.29 is 24.3 Å². The van der Waals surface area contributed by atoms with E-state index in [0.29, 0.717) is 6.41 Å². The average molecular weight is 304 g/mol. The van der Waals surface area contributed by atoms with E-state index in [9.17, 15) is 19.7 Å². The van der Waals surface area contributed by atoms with Crippen molar-refractivity contribution in [2.75, 3.05) is 13.2 Å². The Bertz CT molecular complexity index is 309. The third-order valence-corrected chi connectivity index (χ3v) is 2.16. The second kappa shape index (κ2) is 15.9. The van der Waals surface area contributed by atoms with Crippen LogP contribution in [0.2, 0.25) is 0 Å². The van der Waals surface area contributed by atoms with Crippen LogP contribution in [0.4, 0.5) is 0 Å². The first kappa shape index (κ1) is 21.2. The summed E-state index contributed by atoms with van der Waals surface area (Å²) in [7, 11) is 0. The molecule has 0 spiro atoms. The zero-order valence-electron chi connectivity index (χ0n) is 12.6. The van der Waals surface area contributed by atoms with Gasteiger partial charge in [0.25, 0.3) is 5.09 Å². The van der Waals surface area contributed by atoms with Gasteiger partial charge in [0.2, 0.25) is 6.41 Å². The van der Waals surface area contributed by atoms with Crippen molar-refractivity contribution in [2.24, 2.45) is 0 Å². The van der Waals surface area contributed by atoms with E-state index in [-0.39, 0.29) is 19.6 Å². The normalized spacial score (nSPS) is 10.4. The lowest BCUT2D eigenvalue weighted by molar-refractivity contribution is -0.757.